The van der Waals surface area contributed by atoms with E-state index in [0.29, 0.717) is 0 Å². The third-order valence-corrected chi connectivity index (χ3v) is 3.50. The standard InChI is InChI=1S/C17H23NO2/c1-11(2)14-13(12-9-7-6-8-10-12)18-15(16(19)20-14)17(3,4)5/h6-11,14-15H,1-5H3. The summed E-state index contributed by atoms with van der Waals surface area (Å²) in [7, 11) is 0. The number of benzene rings is 1. The number of aliphatic imine (C=N–C) groups is 1. The van der Waals surface area contributed by atoms with E-state index in [1.807, 2.05) is 65.0 Å². The molecule has 2 unspecified atom stereocenters. The van der Waals surface area contributed by atoms with Crippen LogP contribution in [0.3, 0.4) is 0 Å². The molecule has 108 valence electrons. The van der Waals surface area contributed by atoms with Crippen molar-refractivity contribution in [3.8, 4) is 0 Å². The lowest BCUT2D eigenvalue weighted by atomic mass is 9.85. The summed E-state index contributed by atoms with van der Waals surface area (Å²) in [5.74, 6) is -0.00490. The molecule has 2 rings (SSSR count). The van der Waals surface area contributed by atoms with Crippen molar-refractivity contribution in [2.45, 2.75) is 46.8 Å². The molecule has 0 saturated carbocycles. The fourth-order valence-corrected chi connectivity index (χ4v) is 2.36. The van der Waals surface area contributed by atoms with Gasteiger partial charge in [-0.1, -0.05) is 65.0 Å². The lowest BCUT2D eigenvalue weighted by molar-refractivity contribution is -0.153. The Morgan fingerprint density at radius 2 is 1.75 bits per heavy atom. The number of nitrogens with zero attached hydrogens (tertiary/aromatic N) is 1. The Kier molecular flexibility index (Phi) is 3.98. The molecule has 3 nitrogen and oxygen atoms in total. The van der Waals surface area contributed by atoms with E-state index in [0.717, 1.165) is 11.3 Å². The fourth-order valence-electron chi connectivity index (χ4n) is 2.36. The highest BCUT2D eigenvalue weighted by Gasteiger charge is 2.40. The molecule has 1 heterocycles. The number of cyclic esters (lactones) is 1. The highest BCUT2D eigenvalue weighted by atomic mass is 16.5. The van der Waals surface area contributed by atoms with E-state index in [9.17, 15) is 4.79 Å². The van der Waals surface area contributed by atoms with Gasteiger partial charge in [-0.3, -0.25) is 4.99 Å². The smallest absolute Gasteiger partial charge is 0.332 e. The normalized spacial score (nSPS) is 23.5. The Hall–Kier alpha value is -1.64. The van der Waals surface area contributed by atoms with Gasteiger partial charge in [-0.25, -0.2) is 4.79 Å². The van der Waals surface area contributed by atoms with Crippen molar-refractivity contribution in [1.29, 1.82) is 0 Å². The molecule has 1 aromatic carbocycles. The molecule has 1 aliphatic heterocycles. The number of ether oxygens (including phenoxy) is 1. The summed E-state index contributed by atoms with van der Waals surface area (Å²) in [6.45, 7) is 10.1. The minimum Gasteiger partial charge on any atom is -0.454 e. The number of esters is 1. The first kappa shape index (κ1) is 14.8. The molecule has 0 aliphatic carbocycles. The maximum absolute atomic E-state index is 12.2. The highest BCUT2D eigenvalue weighted by Crippen LogP contribution is 2.30. The molecule has 0 N–H and O–H groups in total. The van der Waals surface area contributed by atoms with Gasteiger partial charge in [0.2, 0.25) is 0 Å². The summed E-state index contributed by atoms with van der Waals surface area (Å²) < 4.78 is 5.68. The number of rotatable bonds is 2. The van der Waals surface area contributed by atoms with Crippen LogP contribution in [0.5, 0.6) is 0 Å². The Balaban J connectivity index is 2.49. The SMILES string of the molecule is CC(C)C1OC(=O)C(C(C)(C)C)N=C1c1ccccc1. The van der Waals surface area contributed by atoms with Crippen LogP contribution in [0.4, 0.5) is 0 Å². The van der Waals surface area contributed by atoms with Crippen LogP contribution in [-0.2, 0) is 9.53 Å². The van der Waals surface area contributed by atoms with Gasteiger partial charge in [0.05, 0.1) is 5.71 Å². The van der Waals surface area contributed by atoms with Gasteiger partial charge in [0.25, 0.3) is 0 Å². The molecule has 3 heteroatoms. The zero-order chi connectivity index (χ0) is 14.9. The molecule has 0 spiro atoms. The van der Waals surface area contributed by atoms with Crippen LogP contribution in [0.2, 0.25) is 0 Å². The van der Waals surface area contributed by atoms with Crippen molar-refractivity contribution in [3.05, 3.63) is 35.9 Å². The van der Waals surface area contributed by atoms with E-state index < -0.39 is 6.04 Å². The summed E-state index contributed by atoms with van der Waals surface area (Å²) in [5, 5.41) is 0. The van der Waals surface area contributed by atoms with E-state index in [2.05, 4.69) is 0 Å². The molecule has 0 saturated heterocycles. The second-order valence-corrected chi connectivity index (χ2v) is 6.75. The zero-order valence-electron chi connectivity index (χ0n) is 12.9. The number of hydrogen-bond acceptors (Lipinski definition) is 3. The fraction of sp³-hybridized carbons (Fsp3) is 0.529. The first-order valence-electron chi connectivity index (χ1n) is 7.14. The molecule has 0 aromatic heterocycles. The van der Waals surface area contributed by atoms with Gasteiger partial charge in [0.15, 0.2) is 6.04 Å². The number of hydrogen-bond donors (Lipinski definition) is 0. The van der Waals surface area contributed by atoms with Gasteiger partial charge >= 0.3 is 5.97 Å². The quantitative estimate of drug-likeness (QED) is 0.774. The van der Waals surface area contributed by atoms with Crippen LogP contribution in [0.1, 0.15) is 40.2 Å². The largest absolute Gasteiger partial charge is 0.454 e. The predicted octanol–water partition coefficient (Wildman–Crippen LogP) is 3.47. The van der Waals surface area contributed by atoms with Crippen molar-refractivity contribution in [1.82, 2.24) is 0 Å². The Morgan fingerprint density at radius 3 is 2.25 bits per heavy atom. The molecule has 0 fully saturated rings. The average molecular weight is 273 g/mol. The second kappa shape index (κ2) is 5.39. The minimum absolute atomic E-state index is 0.207. The zero-order valence-corrected chi connectivity index (χ0v) is 12.9. The molecule has 1 aromatic rings. The first-order valence-corrected chi connectivity index (χ1v) is 7.14. The van der Waals surface area contributed by atoms with Crippen LogP contribution in [0, 0.1) is 11.3 Å². The molecule has 2 atom stereocenters. The summed E-state index contributed by atoms with van der Waals surface area (Å²) in [6, 6.07) is 9.55. The lowest BCUT2D eigenvalue weighted by Crippen LogP contribution is -2.46. The average Bonchev–Trinajstić information content (AvgIpc) is 2.37. The van der Waals surface area contributed by atoms with E-state index in [4.69, 9.17) is 9.73 Å². The second-order valence-electron chi connectivity index (χ2n) is 6.75. The summed E-state index contributed by atoms with van der Waals surface area (Å²) >= 11 is 0. The van der Waals surface area contributed by atoms with Crippen LogP contribution in [0.25, 0.3) is 0 Å². The molecule has 1 aliphatic rings. The van der Waals surface area contributed by atoms with Crippen LogP contribution in [0.15, 0.2) is 35.3 Å². The van der Waals surface area contributed by atoms with Crippen LogP contribution in [-0.4, -0.2) is 23.8 Å². The Labute approximate surface area is 121 Å². The first-order chi connectivity index (χ1) is 9.30. The van der Waals surface area contributed by atoms with E-state index in [-0.39, 0.29) is 23.4 Å². The summed E-state index contributed by atoms with van der Waals surface area (Å²) in [6.07, 6.45) is -0.261. The maximum Gasteiger partial charge on any atom is 0.332 e. The van der Waals surface area contributed by atoms with Crippen LogP contribution < -0.4 is 0 Å². The van der Waals surface area contributed by atoms with Gasteiger partial charge < -0.3 is 4.74 Å². The van der Waals surface area contributed by atoms with Crippen molar-refractivity contribution in [2.75, 3.05) is 0 Å². The van der Waals surface area contributed by atoms with Crippen molar-refractivity contribution in [3.63, 3.8) is 0 Å². The monoisotopic (exact) mass is 273 g/mol. The molecule has 0 amide bonds. The molecular weight excluding hydrogens is 250 g/mol. The van der Waals surface area contributed by atoms with E-state index in [1.54, 1.807) is 0 Å². The molecule has 0 radical (unpaired) electrons. The van der Waals surface area contributed by atoms with E-state index >= 15 is 0 Å². The third kappa shape index (κ3) is 2.92. The molecule has 0 bridgehead atoms. The Bertz CT molecular complexity index is 512. The summed E-state index contributed by atoms with van der Waals surface area (Å²) in [4.78, 5) is 17.0. The van der Waals surface area contributed by atoms with Crippen molar-refractivity contribution < 1.29 is 9.53 Å². The minimum atomic E-state index is -0.437. The Morgan fingerprint density at radius 1 is 1.15 bits per heavy atom. The lowest BCUT2D eigenvalue weighted by Gasteiger charge is -2.35. The molecular formula is C17H23NO2. The highest BCUT2D eigenvalue weighted by molar-refractivity contribution is 6.07. The number of carbonyl (C=O) groups excluding carboxylic acids is 1. The van der Waals surface area contributed by atoms with Gasteiger partial charge in [0, 0.05) is 0 Å². The summed E-state index contributed by atoms with van der Waals surface area (Å²) in [5.41, 5.74) is 1.69. The van der Waals surface area contributed by atoms with Gasteiger partial charge in [-0.15, -0.1) is 0 Å². The topological polar surface area (TPSA) is 38.7 Å². The number of carbonyl (C=O) groups is 1. The van der Waals surface area contributed by atoms with Crippen molar-refractivity contribution >= 4 is 11.7 Å². The van der Waals surface area contributed by atoms with E-state index in [1.165, 1.54) is 0 Å². The van der Waals surface area contributed by atoms with Gasteiger partial charge in [0.1, 0.15) is 6.10 Å². The predicted molar refractivity (Wildman–Crippen MR) is 80.9 cm³/mol. The molecule has 20 heavy (non-hydrogen) atoms. The van der Waals surface area contributed by atoms with Crippen LogP contribution >= 0.6 is 0 Å². The van der Waals surface area contributed by atoms with Gasteiger partial charge in [-0.2, -0.15) is 0 Å². The third-order valence-electron chi connectivity index (χ3n) is 3.50. The maximum atomic E-state index is 12.2. The van der Waals surface area contributed by atoms with Crippen molar-refractivity contribution in [2.24, 2.45) is 16.3 Å². The van der Waals surface area contributed by atoms with Gasteiger partial charge in [-0.05, 0) is 16.9 Å².